The van der Waals surface area contributed by atoms with Crippen molar-refractivity contribution in [2.24, 2.45) is 0 Å². The van der Waals surface area contributed by atoms with Gasteiger partial charge < -0.3 is 28.6 Å². The number of quaternary nitrogens is 1. The monoisotopic (exact) mass is 940 g/mol. The van der Waals surface area contributed by atoms with Crippen LogP contribution in [0.5, 0.6) is 0 Å². The number of hydrogen-bond acceptors (Lipinski definition) is 7. The highest BCUT2D eigenvalue weighted by Gasteiger charge is 2.25. The summed E-state index contributed by atoms with van der Waals surface area (Å²) >= 11 is 0. The molecule has 0 aromatic carbocycles. The fourth-order valence-electron chi connectivity index (χ4n) is 6.49. The maximum Gasteiger partial charge on any atom is 0.306 e. The van der Waals surface area contributed by atoms with Crippen molar-refractivity contribution in [3.63, 3.8) is 0 Å². The number of carboxylic acids is 1. The number of carbonyl (C=O) groups excluding carboxylic acids is 3. The molecule has 0 fully saturated rings. The zero-order valence-electron chi connectivity index (χ0n) is 43.2. The summed E-state index contributed by atoms with van der Waals surface area (Å²) in [5.41, 5.74) is 0. The third-order valence-electron chi connectivity index (χ3n) is 10.5. The van der Waals surface area contributed by atoms with Crippen molar-refractivity contribution in [3.05, 3.63) is 146 Å². The van der Waals surface area contributed by atoms with Gasteiger partial charge in [0.1, 0.15) is 12.6 Å². The van der Waals surface area contributed by atoms with Crippen LogP contribution in [0.15, 0.2) is 146 Å². The molecule has 0 bridgehead atoms. The SMILES string of the molecule is CC/C=C/C/C=C/C/C=C/C/C=C/C/C=C/C/C=C/C/C=C/CCCC(=O)OC(COCCC(C(=O)[O-])[N+](C)(C)C)COC(=O)CCCC/C=C/C/C=C/C/C=C/C/C=C/C/C=C/CCCCC. The average molecular weight is 940 g/mol. The van der Waals surface area contributed by atoms with Gasteiger partial charge in [-0.25, -0.2) is 0 Å². The summed E-state index contributed by atoms with van der Waals surface area (Å²) in [5, 5.41) is 11.7. The summed E-state index contributed by atoms with van der Waals surface area (Å²) in [4.78, 5) is 37.0. The van der Waals surface area contributed by atoms with Gasteiger partial charge in [-0.1, -0.05) is 173 Å². The van der Waals surface area contributed by atoms with E-state index in [0.29, 0.717) is 12.8 Å². The molecule has 0 radical (unpaired) electrons. The van der Waals surface area contributed by atoms with Crippen molar-refractivity contribution in [1.82, 2.24) is 0 Å². The van der Waals surface area contributed by atoms with Crippen LogP contribution >= 0.6 is 0 Å². The first kappa shape index (κ1) is 63.2. The molecule has 380 valence electrons. The summed E-state index contributed by atoms with van der Waals surface area (Å²) < 4.78 is 17.1. The maximum atomic E-state index is 12.8. The van der Waals surface area contributed by atoms with E-state index in [0.717, 1.165) is 89.9 Å². The predicted molar refractivity (Wildman–Crippen MR) is 286 cm³/mol. The van der Waals surface area contributed by atoms with E-state index in [1.807, 2.05) is 0 Å². The van der Waals surface area contributed by atoms with Gasteiger partial charge in [0.15, 0.2) is 6.10 Å². The molecule has 0 amide bonds. The number of hydrogen-bond donors (Lipinski definition) is 0. The van der Waals surface area contributed by atoms with Crippen molar-refractivity contribution in [2.45, 2.75) is 174 Å². The fraction of sp³-hybridized carbons (Fsp3) is 0.550. The highest BCUT2D eigenvalue weighted by molar-refractivity contribution is 5.70. The quantitative estimate of drug-likeness (QED) is 0.0259. The predicted octanol–water partition coefficient (Wildman–Crippen LogP) is 14.0. The molecule has 0 aliphatic carbocycles. The molecule has 0 N–H and O–H groups in total. The Morgan fingerprint density at radius 2 is 0.824 bits per heavy atom. The minimum atomic E-state index is -1.15. The average Bonchev–Trinajstić information content (AvgIpc) is 3.30. The number of allylic oxidation sites excluding steroid dienone is 24. The molecule has 0 aliphatic rings. The van der Waals surface area contributed by atoms with Crippen LogP contribution in [0.2, 0.25) is 0 Å². The van der Waals surface area contributed by atoms with Gasteiger partial charge in [-0.15, -0.1) is 0 Å². The number of aliphatic carboxylic acids is 1. The molecular formula is C60H93NO7. The molecule has 2 unspecified atom stereocenters. The second-order valence-electron chi connectivity index (χ2n) is 17.7. The standard InChI is InChI=1S/C60H93NO7/c1-6-8-10-12-14-16-18-20-22-24-26-28-29-31-33-35-37-39-41-43-45-47-49-51-59(63)68-56(54-66-53-52-57(60(64)65)61(3,4)5)55-67-58(62)50-48-46-44-42-40-38-36-34-32-30-27-25-23-21-19-17-15-13-11-9-7-2/h8,10,14-17,20-23,26-28,30-31,33-34,36-37,39-40,42-43,45,56-57H,6-7,9,11-13,18-19,24-25,29,32,35,38,41,44,46-55H2,1-5H3/b10-8+,16-14+,17-15+,22-20+,23-21+,28-26+,30-27+,33-31+,36-34+,39-37+,42-40+,45-43+. The second-order valence-corrected chi connectivity index (χ2v) is 17.7. The zero-order chi connectivity index (χ0) is 49.9. The largest absolute Gasteiger partial charge is 0.544 e. The highest BCUT2D eigenvalue weighted by atomic mass is 16.6. The molecule has 8 nitrogen and oxygen atoms in total. The van der Waals surface area contributed by atoms with E-state index in [4.69, 9.17) is 14.2 Å². The Labute approximate surface area is 415 Å². The van der Waals surface area contributed by atoms with Crippen LogP contribution in [0.3, 0.4) is 0 Å². The van der Waals surface area contributed by atoms with Gasteiger partial charge >= 0.3 is 11.9 Å². The molecule has 2 atom stereocenters. The molecule has 0 heterocycles. The lowest BCUT2D eigenvalue weighted by atomic mass is 10.1. The third-order valence-corrected chi connectivity index (χ3v) is 10.5. The highest BCUT2D eigenvalue weighted by Crippen LogP contribution is 2.10. The van der Waals surface area contributed by atoms with Crippen molar-refractivity contribution in [2.75, 3.05) is 41.0 Å². The van der Waals surface area contributed by atoms with Crippen LogP contribution in [0, 0.1) is 0 Å². The Bertz CT molecular complexity index is 1610. The van der Waals surface area contributed by atoms with E-state index in [1.54, 1.807) is 21.1 Å². The Morgan fingerprint density at radius 1 is 0.456 bits per heavy atom. The van der Waals surface area contributed by atoms with Gasteiger partial charge in [-0.3, -0.25) is 9.59 Å². The van der Waals surface area contributed by atoms with Crippen LogP contribution in [-0.2, 0) is 28.6 Å². The Hall–Kier alpha value is -4.79. The van der Waals surface area contributed by atoms with Gasteiger partial charge in [0.2, 0.25) is 0 Å². The lowest BCUT2D eigenvalue weighted by molar-refractivity contribution is -0.889. The van der Waals surface area contributed by atoms with Gasteiger partial charge in [0.05, 0.1) is 40.3 Å². The molecule has 0 rings (SSSR count). The molecule has 0 saturated heterocycles. The first-order valence-corrected chi connectivity index (χ1v) is 25.9. The number of rotatable bonds is 44. The lowest BCUT2D eigenvalue weighted by Gasteiger charge is -2.34. The summed E-state index contributed by atoms with van der Waals surface area (Å²) in [6.45, 7) is 4.39. The van der Waals surface area contributed by atoms with E-state index in [-0.39, 0.29) is 49.5 Å². The van der Waals surface area contributed by atoms with Crippen molar-refractivity contribution in [3.8, 4) is 0 Å². The normalized spacial score (nSPS) is 14.1. The minimum absolute atomic E-state index is 0.00791. The summed E-state index contributed by atoms with van der Waals surface area (Å²) in [5.74, 6) is -1.89. The van der Waals surface area contributed by atoms with E-state index in [2.05, 4.69) is 160 Å². The zero-order valence-corrected chi connectivity index (χ0v) is 43.2. The van der Waals surface area contributed by atoms with Gasteiger partial charge in [-0.05, 0) is 116 Å². The number of nitrogens with zero attached hydrogens (tertiary/aromatic N) is 1. The maximum absolute atomic E-state index is 12.8. The number of ether oxygens (including phenoxy) is 3. The van der Waals surface area contributed by atoms with Gasteiger partial charge in [0.25, 0.3) is 0 Å². The van der Waals surface area contributed by atoms with Gasteiger partial charge in [0, 0.05) is 19.3 Å². The van der Waals surface area contributed by atoms with E-state index in [1.165, 1.54) is 25.7 Å². The summed E-state index contributed by atoms with van der Waals surface area (Å²) in [6, 6.07) is -0.754. The van der Waals surface area contributed by atoms with Crippen molar-refractivity contribution in [1.29, 1.82) is 0 Å². The van der Waals surface area contributed by atoms with E-state index < -0.39 is 24.1 Å². The molecule has 8 heteroatoms. The minimum Gasteiger partial charge on any atom is -0.544 e. The fourth-order valence-corrected chi connectivity index (χ4v) is 6.49. The number of unbranched alkanes of at least 4 members (excludes halogenated alkanes) is 6. The molecule has 0 aliphatic heterocycles. The summed E-state index contributed by atoms with van der Waals surface area (Å²) in [7, 11) is 5.36. The Kier molecular flexibility index (Phi) is 45.2. The number of carbonyl (C=O) groups is 3. The van der Waals surface area contributed by atoms with E-state index >= 15 is 0 Å². The lowest BCUT2D eigenvalue weighted by Crippen LogP contribution is -2.55. The first-order chi connectivity index (χ1) is 33.1. The second kappa shape index (κ2) is 48.7. The molecule has 68 heavy (non-hydrogen) atoms. The van der Waals surface area contributed by atoms with Crippen LogP contribution in [-0.4, -0.2) is 75.5 Å². The third kappa shape index (κ3) is 46.3. The summed E-state index contributed by atoms with van der Waals surface area (Å²) in [6.07, 6.45) is 71.7. The molecular weight excluding hydrogens is 847 g/mol. The topological polar surface area (TPSA) is 102 Å². The van der Waals surface area contributed by atoms with Crippen LogP contribution in [0.1, 0.15) is 162 Å². The number of likely N-dealkylation sites (N-methyl/N-ethyl adjacent to an activating group) is 1. The number of carboxylic acid groups (broad SMARTS) is 1. The molecule has 0 spiro atoms. The van der Waals surface area contributed by atoms with Crippen LogP contribution in [0.4, 0.5) is 0 Å². The van der Waals surface area contributed by atoms with Crippen molar-refractivity contribution >= 4 is 17.9 Å². The number of esters is 2. The van der Waals surface area contributed by atoms with Gasteiger partial charge in [-0.2, -0.15) is 0 Å². The first-order valence-electron chi connectivity index (χ1n) is 25.9. The van der Waals surface area contributed by atoms with Crippen molar-refractivity contribution < 1.29 is 38.2 Å². The smallest absolute Gasteiger partial charge is 0.306 e. The van der Waals surface area contributed by atoms with E-state index in [9.17, 15) is 19.5 Å². The Balaban J connectivity index is 4.49. The molecule has 0 aromatic rings. The molecule has 0 saturated carbocycles. The molecule has 0 aromatic heterocycles. The Morgan fingerprint density at radius 3 is 1.21 bits per heavy atom. The van der Waals surface area contributed by atoms with Crippen LogP contribution < -0.4 is 5.11 Å². The van der Waals surface area contributed by atoms with Crippen LogP contribution in [0.25, 0.3) is 0 Å².